The predicted molar refractivity (Wildman–Crippen MR) is 132 cm³/mol. The lowest BCUT2D eigenvalue weighted by molar-refractivity contribution is 0.0210. The van der Waals surface area contributed by atoms with Gasteiger partial charge in [-0.05, 0) is 45.7 Å². The first-order valence-corrected chi connectivity index (χ1v) is 11.4. The van der Waals surface area contributed by atoms with Crippen molar-refractivity contribution in [2.75, 3.05) is 23.7 Å². The van der Waals surface area contributed by atoms with Crippen LogP contribution in [0.4, 0.5) is 22.1 Å². The van der Waals surface area contributed by atoms with Crippen LogP contribution in [0.2, 0.25) is 0 Å². The third-order valence-corrected chi connectivity index (χ3v) is 5.30. The molecule has 0 spiro atoms. The number of nitrogens with one attached hydrogen (secondary N) is 2. The Morgan fingerprint density at radius 2 is 1.55 bits per heavy atom. The maximum absolute atomic E-state index is 12.4. The molecule has 0 aliphatic carbocycles. The van der Waals surface area contributed by atoms with Crippen molar-refractivity contribution in [1.29, 1.82) is 0 Å². The average molecular weight is 446 g/mol. The summed E-state index contributed by atoms with van der Waals surface area (Å²) in [6, 6.07) is 22.1. The van der Waals surface area contributed by atoms with E-state index >= 15 is 0 Å². The van der Waals surface area contributed by atoms with E-state index in [4.69, 9.17) is 14.7 Å². The lowest BCUT2D eigenvalue weighted by atomic mass is 10.1. The van der Waals surface area contributed by atoms with Crippen molar-refractivity contribution < 1.29 is 9.53 Å². The van der Waals surface area contributed by atoms with Crippen molar-refractivity contribution in [3.63, 3.8) is 0 Å². The molecule has 1 aliphatic rings. The number of amides is 1. The second-order valence-electron chi connectivity index (χ2n) is 9.21. The standard InChI is InChI=1S/C26H31N5O2/c1-26(2,3)33-25(32)31-16-14-21(15-17-31)28-23-18-22(27-20-12-8-5-9-13-20)29-24(30-23)19-10-6-4-7-11-19/h4-13,18,21H,14-17H2,1-3H3,(H2,27,28,29,30). The molecule has 2 aromatic carbocycles. The monoisotopic (exact) mass is 445 g/mol. The molecular formula is C26H31N5O2. The first kappa shape index (κ1) is 22.6. The molecule has 172 valence electrons. The number of nitrogens with zero attached hydrogens (tertiary/aromatic N) is 3. The van der Waals surface area contributed by atoms with Crippen molar-refractivity contribution in [3.8, 4) is 11.4 Å². The molecule has 0 saturated carbocycles. The van der Waals surface area contributed by atoms with E-state index in [-0.39, 0.29) is 12.1 Å². The summed E-state index contributed by atoms with van der Waals surface area (Å²) >= 11 is 0. The number of aromatic nitrogens is 2. The fraction of sp³-hybridized carbons (Fsp3) is 0.346. The number of carbonyl (C=O) groups excluding carboxylic acids is 1. The Kier molecular flexibility index (Phi) is 6.77. The molecule has 33 heavy (non-hydrogen) atoms. The lowest BCUT2D eigenvalue weighted by Crippen LogP contribution is -2.44. The summed E-state index contributed by atoms with van der Waals surface area (Å²) in [5, 5.41) is 6.93. The Morgan fingerprint density at radius 1 is 0.939 bits per heavy atom. The summed E-state index contributed by atoms with van der Waals surface area (Å²) in [4.78, 5) is 23.6. The van der Waals surface area contributed by atoms with Gasteiger partial charge < -0.3 is 20.3 Å². The highest BCUT2D eigenvalue weighted by molar-refractivity contribution is 5.68. The van der Waals surface area contributed by atoms with Gasteiger partial charge >= 0.3 is 6.09 Å². The zero-order valence-corrected chi connectivity index (χ0v) is 19.4. The van der Waals surface area contributed by atoms with E-state index in [2.05, 4.69) is 10.6 Å². The van der Waals surface area contributed by atoms with Crippen molar-refractivity contribution in [1.82, 2.24) is 14.9 Å². The normalized spacial score (nSPS) is 14.6. The first-order valence-electron chi connectivity index (χ1n) is 11.4. The van der Waals surface area contributed by atoms with E-state index in [1.54, 1.807) is 4.90 Å². The van der Waals surface area contributed by atoms with Crippen molar-refractivity contribution in [2.45, 2.75) is 45.3 Å². The Hall–Kier alpha value is -3.61. The minimum atomic E-state index is -0.483. The average Bonchev–Trinajstić information content (AvgIpc) is 2.79. The largest absolute Gasteiger partial charge is 0.444 e. The van der Waals surface area contributed by atoms with Gasteiger partial charge in [-0.25, -0.2) is 14.8 Å². The summed E-state index contributed by atoms with van der Waals surface area (Å²) in [6.45, 7) is 6.97. The van der Waals surface area contributed by atoms with E-state index in [0.717, 1.165) is 35.7 Å². The highest BCUT2D eigenvalue weighted by Crippen LogP contribution is 2.25. The molecule has 2 N–H and O–H groups in total. The number of ether oxygens (including phenoxy) is 1. The van der Waals surface area contributed by atoms with Gasteiger partial charge in [-0.1, -0.05) is 48.5 Å². The zero-order chi connectivity index (χ0) is 23.3. The summed E-state index contributed by atoms with van der Waals surface area (Å²) in [7, 11) is 0. The van der Waals surface area contributed by atoms with Crippen LogP contribution in [0.1, 0.15) is 33.6 Å². The molecule has 3 aromatic rings. The maximum atomic E-state index is 12.4. The van der Waals surface area contributed by atoms with E-state index in [1.165, 1.54) is 0 Å². The number of rotatable bonds is 5. The molecule has 4 rings (SSSR count). The molecule has 1 aliphatic heterocycles. The topological polar surface area (TPSA) is 79.4 Å². The molecule has 2 heterocycles. The van der Waals surface area contributed by atoms with Crippen LogP contribution in [0.3, 0.4) is 0 Å². The number of carbonyl (C=O) groups is 1. The number of likely N-dealkylation sites (tertiary alicyclic amines) is 1. The van der Waals surface area contributed by atoms with E-state index < -0.39 is 5.60 Å². The van der Waals surface area contributed by atoms with Gasteiger partial charge in [0.1, 0.15) is 17.2 Å². The Labute approximate surface area is 195 Å². The van der Waals surface area contributed by atoms with Gasteiger partial charge in [-0.3, -0.25) is 0 Å². The molecule has 0 bridgehead atoms. The maximum Gasteiger partial charge on any atom is 0.410 e. The minimum Gasteiger partial charge on any atom is -0.444 e. The quantitative estimate of drug-likeness (QED) is 0.525. The summed E-state index contributed by atoms with van der Waals surface area (Å²) in [6.07, 6.45) is 1.40. The van der Waals surface area contributed by atoms with Gasteiger partial charge in [0, 0.05) is 36.4 Å². The van der Waals surface area contributed by atoms with Crippen LogP contribution in [0, 0.1) is 0 Å². The van der Waals surface area contributed by atoms with Gasteiger partial charge in [-0.2, -0.15) is 0 Å². The summed E-state index contributed by atoms with van der Waals surface area (Å²) in [5.41, 5.74) is 1.44. The van der Waals surface area contributed by atoms with Crippen molar-refractivity contribution in [2.24, 2.45) is 0 Å². The second-order valence-corrected chi connectivity index (χ2v) is 9.21. The summed E-state index contributed by atoms with van der Waals surface area (Å²) < 4.78 is 5.51. The highest BCUT2D eigenvalue weighted by Gasteiger charge is 2.27. The number of hydrogen-bond acceptors (Lipinski definition) is 6. The van der Waals surface area contributed by atoms with Gasteiger partial charge in [-0.15, -0.1) is 0 Å². The molecule has 0 radical (unpaired) electrons. The van der Waals surface area contributed by atoms with E-state index in [0.29, 0.717) is 18.9 Å². The summed E-state index contributed by atoms with van der Waals surface area (Å²) in [5.74, 6) is 2.15. The van der Waals surface area contributed by atoms with Gasteiger partial charge in [0.25, 0.3) is 0 Å². The van der Waals surface area contributed by atoms with Crippen LogP contribution in [-0.2, 0) is 4.74 Å². The van der Waals surface area contributed by atoms with E-state index in [1.807, 2.05) is 87.5 Å². The fourth-order valence-electron chi connectivity index (χ4n) is 3.71. The van der Waals surface area contributed by atoms with Crippen LogP contribution < -0.4 is 10.6 Å². The third-order valence-electron chi connectivity index (χ3n) is 5.30. The number of piperidine rings is 1. The van der Waals surface area contributed by atoms with Gasteiger partial charge in [0.05, 0.1) is 0 Å². The van der Waals surface area contributed by atoms with Crippen LogP contribution in [0.15, 0.2) is 66.7 Å². The SMILES string of the molecule is CC(C)(C)OC(=O)N1CCC(Nc2cc(Nc3ccccc3)nc(-c3ccccc3)n2)CC1. The predicted octanol–water partition coefficient (Wildman–Crippen LogP) is 5.70. The molecular weight excluding hydrogens is 414 g/mol. The zero-order valence-electron chi connectivity index (χ0n) is 19.4. The number of para-hydroxylation sites is 1. The molecule has 1 amide bonds. The number of anilines is 3. The van der Waals surface area contributed by atoms with Crippen LogP contribution >= 0.6 is 0 Å². The highest BCUT2D eigenvalue weighted by atomic mass is 16.6. The molecule has 7 heteroatoms. The number of hydrogen-bond donors (Lipinski definition) is 2. The molecule has 0 atom stereocenters. The molecule has 1 aromatic heterocycles. The Morgan fingerprint density at radius 3 is 2.18 bits per heavy atom. The van der Waals surface area contributed by atoms with Crippen molar-refractivity contribution >= 4 is 23.4 Å². The van der Waals surface area contributed by atoms with Crippen LogP contribution in [-0.4, -0.2) is 45.7 Å². The number of benzene rings is 2. The molecule has 1 saturated heterocycles. The van der Waals surface area contributed by atoms with Crippen molar-refractivity contribution in [3.05, 3.63) is 66.7 Å². The Bertz CT molecular complexity index is 1060. The second kappa shape index (κ2) is 9.90. The van der Waals surface area contributed by atoms with Gasteiger partial charge in [0.15, 0.2) is 5.82 Å². The third kappa shape index (κ3) is 6.44. The van der Waals surface area contributed by atoms with Crippen LogP contribution in [0.25, 0.3) is 11.4 Å². The van der Waals surface area contributed by atoms with E-state index in [9.17, 15) is 4.79 Å². The fourth-order valence-corrected chi connectivity index (χ4v) is 3.71. The molecule has 1 fully saturated rings. The smallest absolute Gasteiger partial charge is 0.410 e. The Balaban J connectivity index is 1.48. The minimum absolute atomic E-state index is 0.215. The van der Waals surface area contributed by atoms with Crippen LogP contribution in [0.5, 0.6) is 0 Å². The molecule has 0 unspecified atom stereocenters. The van der Waals surface area contributed by atoms with Gasteiger partial charge in [0.2, 0.25) is 0 Å². The molecule has 7 nitrogen and oxygen atoms in total. The first-order chi connectivity index (χ1) is 15.9. The lowest BCUT2D eigenvalue weighted by Gasteiger charge is -2.34.